The van der Waals surface area contributed by atoms with Crippen LogP contribution in [0, 0.1) is 0 Å². The molecule has 0 radical (unpaired) electrons. The second kappa shape index (κ2) is 3.94. The molecule has 0 aliphatic carbocycles. The molecule has 4 rings (SSSR count). The number of pyridine rings is 1. The van der Waals surface area contributed by atoms with Crippen molar-refractivity contribution in [2.75, 3.05) is 38.1 Å². The van der Waals surface area contributed by atoms with Gasteiger partial charge in [-0.2, -0.15) is 0 Å². The molecule has 0 N–H and O–H groups in total. The highest BCUT2D eigenvalue weighted by Crippen LogP contribution is 2.31. The molecular formula is C16H20N3+. The van der Waals surface area contributed by atoms with Gasteiger partial charge in [0.1, 0.15) is 0 Å². The Labute approximate surface area is 114 Å². The summed E-state index contributed by atoms with van der Waals surface area (Å²) in [6, 6.07) is 11.6. The van der Waals surface area contributed by atoms with Crippen molar-refractivity contribution in [1.82, 2.24) is 4.98 Å². The predicted octanol–water partition coefficient (Wildman–Crippen LogP) is 2.27. The second-order valence-electron chi connectivity index (χ2n) is 6.27. The third-order valence-corrected chi connectivity index (χ3v) is 4.89. The molecule has 0 amide bonds. The Bertz CT molecular complexity index is 624. The molecule has 3 heterocycles. The van der Waals surface area contributed by atoms with Gasteiger partial charge in [0.2, 0.25) is 0 Å². The molecule has 0 saturated carbocycles. The first-order valence-electron chi connectivity index (χ1n) is 7.19. The fourth-order valence-corrected chi connectivity index (χ4v) is 3.72. The molecule has 1 aromatic heterocycles. The number of likely N-dealkylation sites (N-methyl/N-ethyl adjacent to an activating group) is 1. The van der Waals surface area contributed by atoms with Gasteiger partial charge in [0.05, 0.1) is 44.8 Å². The van der Waals surface area contributed by atoms with Crippen molar-refractivity contribution in [3.8, 4) is 0 Å². The SMILES string of the molecule is C[N+]12CCC(C1)N(c1ccc3ncccc3c1)CC2. The molecule has 2 bridgehead atoms. The van der Waals surface area contributed by atoms with E-state index in [2.05, 4.69) is 41.2 Å². The summed E-state index contributed by atoms with van der Waals surface area (Å²) >= 11 is 0. The second-order valence-corrected chi connectivity index (χ2v) is 6.27. The normalized spacial score (nSPS) is 29.9. The van der Waals surface area contributed by atoms with E-state index in [1.807, 2.05) is 12.3 Å². The molecule has 2 aliphatic rings. The van der Waals surface area contributed by atoms with Gasteiger partial charge in [-0.05, 0) is 24.3 Å². The number of hydrogen-bond donors (Lipinski definition) is 0. The van der Waals surface area contributed by atoms with Crippen LogP contribution in [0.15, 0.2) is 36.5 Å². The first-order valence-corrected chi connectivity index (χ1v) is 7.19. The lowest BCUT2D eigenvalue weighted by Gasteiger charge is -2.40. The van der Waals surface area contributed by atoms with Crippen LogP contribution in [0.25, 0.3) is 10.9 Å². The minimum absolute atomic E-state index is 0.730. The summed E-state index contributed by atoms with van der Waals surface area (Å²) in [5.41, 5.74) is 2.47. The van der Waals surface area contributed by atoms with E-state index in [4.69, 9.17) is 0 Å². The van der Waals surface area contributed by atoms with Crippen LogP contribution in [0.4, 0.5) is 5.69 Å². The van der Waals surface area contributed by atoms with Crippen LogP contribution in [0.5, 0.6) is 0 Å². The first-order chi connectivity index (χ1) is 9.23. The van der Waals surface area contributed by atoms with Gasteiger partial charge in [0, 0.05) is 23.7 Å². The topological polar surface area (TPSA) is 16.1 Å². The Balaban J connectivity index is 1.71. The van der Waals surface area contributed by atoms with Gasteiger partial charge in [-0.3, -0.25) is 4.98 Å². The molecule has 98 valence electrons. The summed E-state index contributed by atoms with van der Waals surface area (Å²) in [4.78, 5) is 7.01. The van der Waals surface area contributed by atoms with Gasteiger partial charge in [0.15, 0.2) is 0 Å². The van der Waals surface area contributed by atoms with E-state index < -0.39 is 0 Å². The number of benzene rings is 1. The lowest BCUT2D eigenvalue weighted by atomic mass is 10.1. The number of hydrogen-bond acceptors (Lipinski definition) is 2. The Morgan fingerprint density at radius 1 is 1.26 bits per heavy atom. The highest BCUT2D eigenvalue weighted by molar-refractivity contribution is 5.82. The molecule has 3 heteroatoms. The molecule has 2 aromatic rings. The van der Waals surface area contributed by atoms with E-state index in [1.165, 1.54) is 48.2 Å². The zero-order chi connectivity index (χ0) is 12.9. The maximum Gasteiger partial charge on any atom is 0.0994 e. The Hall–Kier alpha value is -1.61. The smallest absolute Gasteiger partial charge is 0.0994 e. The van der Waals surface area contributed by atoms with Crippen molar-refractivity contribution < 1.29 is 4.48 Å². The fourth-order valence-electron chi connectivity index (χ4n) is 3.72. The number of quaternary nitrogens is 1. The van der Waals surface area contributed by atoms with Crippen LogP contribution < -0.4 is 4.90 Å². The minimum Gasteiger partial charge on any atom is -0.357 e. The van der Waals surface area contributed by atoms with Crippen LogP contribution in [0.1, 0.15) is 6.42 Å². The van der Waals surface area contributed by atoms with Gasteiger partial charge < -0.3 is 9.38 Å². The number of rotatable bonds is 1. The number of piperazine rings is 1. The molecule has 19 heavy (non-hydrogen) atoms. The molecule has 0 spiro atoms. The highest BCUT2D eigenvalue weighted by Gasteiger charge is 2.42. The molecule has 2 atom stereocenters. The van der Waals surface area contributed by atoms with Crippen molar-refractivity contribution >= 4 is 16.6 Å². The number of anilines is 1. The Morgan fingerprint density at radius 3 is 3.16 bits per heavy atom. The summed E-state index contributed by atoms with van der Waals surface area (Å²) in [5.74, 6) is 0. The van der Waals surface area contributed by atoms with Crippen LogP contribution >= 0.6 is 0 Å². The highest BCUT2D eigenvalue weighted by atomic mass is 15.4. The van der Waals surface area contributed by atoms with Gasteiger partial charge in [0.25, 0.3) is 0 Å². The summed E-state index contributed by atoms with van der Waals surface area (Å²) in [6.07, 6.45) is 3.20. The quantitative estimate of drug-likeness (QED) is 0.726. The minimum atomic E-state index is 0.730. The molecule has 1 aromatic carbocycles. The van der Waals surface area contributed by atoms with Crippen molar-refractivity contribution in [1.29, 1.82) is 0 Å². The van der Waals surface area contributed by atoms with Crippen molar-refractivity contribution in [2.24, 2.45) is 0 Å². The number of aromatic nitrogens is 1. The van der Waals surface area contributed by atoms with Crippen molar-refractivity contribution in [3.63, 3.8) is 0 Å². The summed E-state index contributed by atoms with van der Waals surface area (Å²) in [7, 11) is 2.40. The monoisotopic (exact) mass is 254 g/mol. The maximum atomic E-state index is 4.40. The standard InChI is InChI=1S/C16H20N3/c1-19-9-6-15(12-19)18(8-10-19)14-4-5-16-13(11-14)3-2-7-17-16/h2-5,7,11,15H,6,8-10,12H2,1H3/q+1. The van der Waals surface area contributed by atoms with Crippen LogP contribution in [-0.2, 0) is 0 Å². The average molecular weight is 254 g/mol. The van der Waals surface area contributed by atoms with Gasteiger partial charge in [-0.1, -0.05) is 6.07 Å². The Morgan fingerprint density at radius 2 is 2.21 bits per heavy atom. The molecule has 2 unspecified atom stereocenters. The van der Waals surface area contributed by atoms with Gasteiger partial charge in [-0.15, -0.1) is 0 Å². The van der Waals surface area contributed by atoms with Crippen molar-refractivity contribution in [2.45, 2.75) is 12.5 Å². The van der Waals surface area contributed by atoms with Crippen LogP contribution in [0.2, 0.25) is 0 Å². The van der Waals surface area contributed by atoms with Crippen LogP contribution in [-0.4, -0.2) is 48.7 Å². The van der Waals surface area contributed by atoms with Gasteiger partial charge in [-0.25, -0.2) is 0 Å². The summed E-state index contributed by atoms with van der Waals surface area (Å²) in [5, 5.41) is 1.25. The molecular weight excluding hydrogens is 234 g/mol. The van der Waals surface area contributed by atoms with E-state index in [-0.39, 0.29) is 0 Å². The van der Waals surface area contributed by atoms with E-state index in [1.54, 1.807) is 0 Å². The third-order valence-electron chi connectivity index (χ3n) is 4.89. The number of nitrogens with zero attached hydrogens (tertiary/aromatic N) is 3. The largest absolute Gasteiger partial charge is 0.357 e. The number of fused-ring (bicyclic) bond motifs is 3. The lowest BCUT2D eigenvalue weighted by molar-refractivity contribution is -0.899. The summed E-state index contributed by atoms with van der Waals surface area (Å²) in [6.45, 7) is 5.12. The lowest BCUT2D eigenvalue weighted by Crippen LogP contribution is -2.55. The van der Waals surface area contributed by atoms with E-state index >= 15 is 0 Å². The van der Waals surface area contributed by atoms with Crippen molar-refractivity contribution in [3.05, 3.63) is 36.5 Å². The van der Waals surface area contributed by atoms with E-state index in [0.29, 0.717) is 0 Å². The average Bonchev–Trinajstić information content (AvgIpc) is 2.74. The fraction of sp³-hybridized carbons (Fsp3) is 0.438. The zero-order valence-corrected chi connectivity index (χ0v) is 11.4. The van der Waals surface area contributed by atoms with Gasteiger partial charge >= 0.3 is 0 Å². The van der Waals surface area contributed by atoms with E-state index in [0.717, 1.165) is 11.6 Å². The van der Waals surface area contributed by atoms with Crippen LogP contribution in [0.3, 0.4) is 0 Å². The molecule has 2 aliphatic heterocycles. The first kappa shape index (κ1) is 11.2. The summed E-state index contributed by atoms with van der Waals surface area (Å²) < 4.78 is 1.27. The Kier molecular flexibility index (Phi) is 2.33. The molecule has 2 saturated heterocycles. The van der Waals surface area contributed by atoms with E-state index in [9.17, 15) is 0 Å². The third kappa shape index (κ3) is 1.80. The molecule has 3 nitrogen and oxygen atoms in total. The molecule has 2 fully saturated rings. The maximum absolute atomic E-state index is 4.40. The predicted molar refractivity (Wildman–Crippen MR) is 78.3 cm³/mol. The zero-order valence-electron chi connectivity index (χ0n) is 11.4.